The molecule has 4 atom stereocenters. The Balaban J connectivity index is 4.50. The van der Waals surface area contributed by atoms with Crippen LogP contribution in [0.5, 0.6) is 0 Å². The van der Waals surface area contributed by atoms with Crippen LogP contribution < -0.4 is 5.73 Å². The lowest BCUT2D eigenvalue weighted by Crippen LogP contribution is -2.29. The third-order valence-electron chi connectivity index (χ3n) is 7.78. The van der Waals surface area contributed by atoms with Crippen molar-refractivity contribution >= 4 is 19.8 Å². The number of carbonyl (C=O) groups is 2. The van der Waals surface area contributed by atoms with Gasteiger partial charge in [-0.25, -0.2) is 4.57 Å². The zero-order valence-corrected chi connectivity index (χ0v) is 33.3. The number of aliphatic hydroxyl groups excluding tert-OH is 2. The van der Waals surface area contributed by atoms with Crippen molar-refractivity contribution in [3.63, 3.8) is 0 Å². The minimum atomic E-state index is -4.43. The molecule has 0 fully saturated rings. The molecule has 0 saturated carbocycles. The number of allylic oxidation sites excluding steroid dienone is 8. The van der Waals surface area contributed by atoms with Gasteiger partial charge in [0.15, 0.2) is 6.10 Å². The molecular weight excluding hydrogens is 697 g/mol. The summed E-state index contributed by atoms with van der Waals surface area (Å²) in [5.74, 6) is -1.02. The first-order valence-electron chi connectivity index (χ1n) is 19.6. The standard InChI is InChI=1S/C41H70NO10P/c1-3-5-7-8-9-10-11-12-16-19-25-31-40(45)49-35-39(36-51-53(47,48)50-34-33-42)52-41(46)32-26-20-24-30-38(44)29-23-18-15-13-14-17-22-28-37(43)27-21-6-4-2/h6,14-15,17-18,21-24,28-30,37-39,43-44H,3-5,7-13,16,19-20,25-27,31-36,42H2,1-2H3,(H,47,48)/b17-14-,18-15-,21-6-,28-22+,29-23+,30-24-/t37-,38-,39+/m0/s1. The fourth-order valence-corrected chi connectivity index (χ4v) is 5.61. The van der Waals surface area contributed by atoms with Crippen LogP contribution in [0.4, 0.5) is 0 Å². The number of aliphatic hydroxyl groups is 2. The van der Waals surface area contributed by atoms with Crippen molar-refractivity contribution in [3.8, 4) is 0 Å². The number of hydrogen-bond acceptors (Lipinski definition) is 10. The molecule has 0 radical (unpaired) electrons. The fourth-order valence-electron chi connectivity index (χ4n) is 4.84. The Morgan fingerprint density at radius 2 is 1.32 bits per heavy atom. The molecule has 53 heavy (non-hydrogen) atoms. The molecule has 0 bridgehead atoms. The molecule has 0 aromatic heterocycles. The van der Waals surface area contributed by atoms with Crippen molar-refractivity contribution < 1.29 is 47.8 Å². The lowest BCUT2D eigenvalue weighted by atomic mass is 10.1. The average molecular weight is 768 g/mol. The largest absolute Gasteiger partial charge is 0.472 e. The predicted molar refractivity (Wildman–Crippen MR) is 213 cm³/mol. The summed E-state index contributed by atoms with van der Waals surface area (Å²) < 4.78 is 32.5. The van der Waals surface area contributed by atoms with E-state index in [0.717, 1.165) is 25.7 Å². The van der Waals surface area contributed by atoms with Gasteiger partial charge in [-0.2, -0.15) is 0 Å². The van der Waals surface area contributed by atoms with E-state index in [-0.39, 0.29) is 32.6 Å². The van der Waals surface area contributed by atoms with E-state index in [1.54, 1.807) is 30.4 Å². The minimum Gasteiger partial charge on any atom is -0.462 e. The number of phosphoric acid groups is 1. The van der Waals surface area contributed by atoms with Crippen LogP contribution >= 0.6 is 7.82 Å². The van der Waals surface area contributed by atoms with Crippen molar-refractivity contribution in [2.45, 2.75) is 148 Å². The van der Waals surface area contributed by atoms with Gasteiger partial charge in [0.05, 0.1) is 25.4 Å². The molecule has 0 aliphatic carbocycles. The van der Waals surface area contributed by atoms with Crippen molar-refractivity contribution in [1.82, 2.24) is 0 Å². The van der Waals surface area contributed by atoms with Gasteiger partial charge in [-0.05, 0) is 38.5 Å². The maximum atomic E-state index is 12.5. The zero-order valence-electron chi connectivity index (χ0n) is 32.4. The third kappa shape index (κ3) is 36.1. The van der Waals surface area contributed by atoms with Crippen LogP contribution in [-0.4, -0.2) is 71.7 Å². The van der Waals surface area contributed by atoms with E-state index in [1.165, 1.54) is 44.9 Å². The van der Waals surface area contributed by atoms with Crippen molar-refractivity contribution in [2.24, 2.45) is 5.73 Å². The van der Waals surface area contributed by atoms with Gasteiger partial charge >= 0.3 is 19.8 Å². The van der Waals surface area contributed by atoms with Gasteiger partial charge in [0.1, 0.15) is 6.61 Å². The zero-order chi connectivity index (χ0) is 39.3. The Morgan fingerprint density at radius 3 is 1.96 bits per heavy atom. The van der Waals surface area contributed by atoms with E-state index in [4.69, 9.17) is 24.3 Å². The molecule has 0 spiro atoms. The van der Waals surface area contributed by atoms with Crippen LogP contribution in [-0.2, 0) is 32.7 Å². The average Bonchev–Trinajstić information content (AvgIpc) is 3.13. The van der Waals surface area contributed by atoms with Gasteiger partial charge in [0.2, 0.25) is 0 Å². The number of hydrogen-bond donors (Lipinski definition) is 4. The SMILES string of the molecule is CC/C=C\C[C@H](O)/C=C/C=C\C/C=C\C=C\[C@H](O)/C=C\CCCC(=O)O[C@H](COC(=O)CCCCCCCCCCCCC)COP(=O)(O)OCCN. The summed E-state index contributed by atoms with van der Waals surface area (Å²) >= 11 is 0. The minimum absolute atomic E-state index is 0.0173. The van der Waals surface area contributed by atoms with E-state index in [0.29, 0.717) is 32.1 Å². The van der Waals surface area contributed by atoms with Crippen LogP contribution in [0, 0.1) is 0 Å². The number of ether oxygens (including phenoxy) is 2. The van der Waals surface area contributed by atoms with E-state index < -0.39 is 44.7 Å². The molecule has 0 aliphatic heterocycles. The molecule has 12 heteroatoms. The summed E-state index contributed by atoms with van der Waals surface area (Å²) in [4.78, 5) is 34.7. The monoisotopic (exact) mass is 767 g/mol. The van der Waals surface area contributed by atoms with Crippen LogP contribution in [0.15, 0.2) is 72.9 Å². The van der Waals surface area contributed by atoms with Crippen LogP contribution in [0.2, 0.25) is 0 Å². The summed E-state index contributed by atoms with van der Waals surface area (Å²) in [5.41, 5.74) is 5.32. The maximum Gasteiger partial charge on any atom is 0.472 e. The molecule has 0 saturated heterocycles. The van der Waals surface area contributed by atoms with Crippen LogP contribution in [0.3, 0.4) is 0 Å². The first-order chi connectivity index (χ1) is 25.6. The van der Waals surface area contributed by atoms with Crippen molar-refractivity contribution in [3.05, 3.63) is 72.9 Å². The summed E-state index contributed by atoms with van der Waals surface area (Å²) in [6.45, 7) is 3.27. The topological polar surface area (TPSA) is 175 Å². The van der Waals surface area contributed by atoms with Crippen molar-refractivity contribution in [1.29, 1.82) is 0 Å². The van der Waals surface area contributed by atoms with Gasteiger partial charge in [0, 0.05) is 19.4 Å². The third-order valence-corrected chi connectivity index (χ3v) is 8.77. The Bertz CT molecular complexity index is 1130. The molecule has 0 aliphatic rings. The van der Waals surface area contributed by atoms with E-state index in [2.05, 4.69) is 13.8 Å². The second-order valence-corrected chi connectivity index (χ2v) is 14.3. The van der Waals surface area contributed by atoms with Gasteiger partial charge in [0.25, 0.3) is 0 Å². The van der Waals surface area contributed by atoms with Gasteiger partial charge < -0.3 is 30.3 Å². The molecule has 5 N–H and O–H groups in total. The lowest BCUT2D eigenvalue weighted by molar-refractivity contribution is -0.161. The highest BCUT2D eigenvalue weighted by atomic mass is 31.2. The molecule has 0 aromatic rings. The molecular formula is C41H70NO10P. The quantitative estimate of drug-likeness (QED) is 0.0160. The summed E-state index contributed by atoms with van der Waals surface area (Å²) in [5, 5.41) is 20.0. The van der Waals surface area contributed by atoms with Crippen LogP contribution in [0.25, 0.3) is 0 Å². The highest BCUT2D eigenvalue weighted by molar-refractivity contribution is 7.47. The van der Waals surface area contributed by atoms with E-state index in [1.807, 2.05) is 42.5 Å². The first-order valence-corrected chi connectivity index (χ1v) is 21.1. The molecule has 304 valence electrons. The molecule has 0 rings (SSSR count). The highest BCUT2D eigenvalue weighted by Crippen LogP contribution is 2.43. The number of phosphoric ester groups is 1. The second-order valence-electron chi connectivity index (χ2n) is 12.8. The summed E-state index contributed by atoms with van der Waals surface area (Å²) in [6, 6.07) is 0. The Morgan fingerprint density at radius 1 is 0.698 bits per heavy atom. The van der Waals surface area contributed by atoms with Gasteiger partial charge in [-0.1, -0.05) is 151 Å². The van der Waals surface area contributed by atoms with E-state index in [9.17, 15) is 29.3 Å². The van der Waals surface area contributed by atoms with E-state index >= 15 is 0 Å². The fraction of sp³-hybridized carbons (Fsp3) is 0.659. The van der Waals surface area contributed by atoms with Gasteiger partial charge in [-0.3, -0.25) is 18.6 Å². The molecule has 11 nitrogen and oxygen atoms in total. The Kier molecular flexibility index (Phi) is 34.5. The first kappa shape index (κ1) is 50.4. The van der Waals surface area contributed by atoms with Gasteiger partial charge in [-0.15, -0.1) is 0 Å². The maximum absolute atomic E-state index is 12.5. The van der Waals surface area contributed by atoms with Crippen molar-refractivity contribution in [2.75, 3.05) is 26.4 Å². The second kappa shape index (κ2) is 36.4. The number of carbonyl (C=O) groups excluding carboxylic acids is 2. The Hall–Kier alpha value is -2.63. The Labute approximate surface area is 319 Å². The molecule has 1 unspecified atom stereocenters. The van der Waals surface area contributed by atoms with Crippen LogP contribution in [0.1, 0.15) is 129 Å². The molecule has 0 aromatic carbocycles. The molecule has 0 amide bonds. The highest BCUT2D eigenvalue weighted by Gasteiger charge is 2.25. The lowest BCUT2D eigenvalue weighted by Gasteiger charge is -2.19. The number of rotatable bonds is 35. The summed E-state index contributed by atoms with van der Waals surface area (Å²) in [7, 11) is -4.43. The number of nitrogens with two attached hydrogens (primary N) is 1. The predicted octanol–water partition coefficient (Wildman–Crippen LogP) is 8.65. The normalized spacial score (nSPS) is 15.4. The number of esters is 2. The number of unbranched alkanes of at least 4 members (excludes halogenated alkanes) is 11. The summed E-state index contributed by atoms with van der Waals surface area (Å²) in [6.07, 6.45) is 35.8. The smallest absolute Gasteiger partial charge is 0.462 e. The molecule has 0 heterocycles.